The molecule has 2 amide bonds. The van der Waals surface area contributed by atoms with Gasteiger partial charge >= 0.3 is 6.09 Å². The van der Waals surface area contributed by atoms with E-state index in [1.54, 1.807) is 17.0 Å². The number of benzene rings is 2. The van der Waals surface area contributed by atoms with Crippen molar-refractivity contribution in [3.8, 4) is 0 Å². The van der Waals surface area contributed by atoms with Crippen molar-refractivity contribution in [2.45, 2.75) is 19.4 Å². The van der Waals surface area contributed by atoms with Crippen LogP contribution in [-0.4, -0.2) is 48.0 Å². The molecule has 2 aromatic rings. The van der Waals surface area contributed by atoms with Gasteiger partial charge in [0.15, 0.2) is 0 Å². The van der Waals surface area contributed by atoms with E-state index in [2.05, 4.69) is 0 Å². The SMILES string of the molecule is O=C(Cc1ccc(Cl)cc1)N1CCCN(C(=O)OCc2ccccc2)CC1. The molecule has 0 N–H and O–H groups in total. The first-order chi connectivity index (χ1) is 13.1. The molecule has 0 bridgehead atoms. The number of hydrogen-bond donors (Lipinski definition) is 0. The minimum absolute atomic E-state index is 0.0665. The summed E-state index contributed by atoms with van der Waals surface area (Å²) in [4.78, 5) is 28.4. The average molecular weight is 387 g/mol. The molecule has 1 heterocycles. The maximum atomic E-state index is 12.6. The Morgan fingerprint density at radius 2 is 1.52 bits per heavy atom. The smallest absolute Gasteiger partial charge is 0.410 e. The minimum Gasteiger partial charge on any atom is -0.445 e. The van der Waals surface area contributed by atoms with E-state index in [4.69, 9.17) is 16.3 Å². The van der Waals surface area contributed by atoms with Crippen LogP contribution in [0.1, 0.15) is 17.5 Å². The van der Waals surface area contributed by atoms with Crippen molar-refractivity contribution in [2.24, 2.45) is 0 Å². The van der Waals surface area contributed by atoms with Gasteiger partial charge in [-0.1, -0.05) is 54.1 Å². The molecule has 0 aromatic heterocycles. The molecule has 27 heavy (non-hydrogen) atoms. The van der Waals surface area contributed by atoms with Crippen molar-refractivity contribution >= 4 is 23.6 Å². The van der Waals surface area contributed by atoms with Gasteiger partial charge in [-0.25, -0.2) is 4.79 Å². The first kappa shape index (κ1) is 19.2. The van der Waals surface area contributed by atoms with Crippen molar-refractivity contribution in [1.29, 1.82) is 0 Å². The van der Waals surface area contributed by atoms with E-state index in [0.29, 0.717) is 37.6 Å². The highest BCUT2D eigenvalue weighted by molar-refractivity contribution is 6.30. The first-order valence-electron chi connectivity index (χ1n) is 9.09. The predicted octanol–water partition coefficient (Wildman–Crippen LogP) is 3.75. The second-order valence-corrected chi connectivity index (χ2v) is 7.00. The summed E-state index contributed by atoms with van der Waals surface area (Å²) in [5.74, 6) is 0.0665. The topological polar surface area (TPSA) is 49.9 Å². The Bertz CT molecular complexity index is 765. The number of halogens is 1. The van der Waals surface area contributed by atoms with Crippen LogP contribution in [-0.2, 0) is 22.6 Å². The zero-order chi connectivity index (χ0) is 19.1. The highest BCUT2D eigenvalue weighted by atomic mass is 35.5. The molecule has 0 saturated carbocycles. The van der Waals surface area contributed by atoms with Gasteiger partial charge in [0.2, 0.25) is 5.91 Å². The third-order valence-corrected chi connectivity index (χ3v) is 4.83. The molecule has 0 radical (unpaired) electrons. The minimum atomic E-state index is -0.328. The van der Waals surface area contributed by atoms with E-state index in [1.165, 1.54) is 0 Å². The van der Waals surface area contributed by atoms with Gasteiger partial charge < -0.3 is 14.5 Å². The number of amides is 2. The monoisotopic (exact) mass is 386 g/mol. The van der Waals surface area contributed by atoms with E-state index < -0.39 is 0 Å². The predicted molar refractivity (Wildman–Crippen MR) is 105 cm³/mol. The summed E-state index contributed by atoms with van der Waals surface area (Å²) >= 11 is 5.88. The molecule has 6 heteroatoms. The van der Waals surface area contributed by atoms with E-state index in [-0.39, 0.29) is 18.6 Å². The Balaban J connectivity index is 1.48. The van der Waals surface area contributed by atoms with Gasteiger partial charge in [-0.15, -0.1) is 0 Å². The highest BCUT2D eigenvalue weighted by Crippen LogP contribution is 2.13. The number of nitrogens with zero attached hydrogens (tertiary/aromatic N) is 2. The van der Waals surface area contributed by atoms with Crippen LogP contribution in [0.25, 0.3) is 0 Å². The van der Waals surface area contributed by atoms with Crippen molar-refractivity contribution < 1.29 is 14.3 Å². The number of carbonyl (C=O) groups is 2. The van der Waals surface area contributed by atoms with Crippen molar-refractivity contribution in [2.75, 3.05) is 26.2 Å². The normalized spacial score (nSPS) is 14.6. The fraction of sp³-hybridized carbons (Fsp3) is 0.333. The molecule has 1 aliphatic rings. The van der Waals surface area contributed by atoms with E-state index in [9.17, 15) is 9.59 Å². The van der Waals surface area contributed by atoms with Gasteiger partial charge in [0.05, 0.1) is 6.42 Å². The van der Waals surface area contributed by atoms with Gasteiger partial charge in [-0.2, -0.15) is 0 Å². The van der Waals surface area contributed by atoms with Gasteiger partial charge in [0.25, 0.3) is 0 Å². The third-order valence-electron chi connectivity index (χ3n) is 4.58. The summed E-state index contributed by atoms with van der Waals surface area (Å²) in [6, 6.07) is 16.9. The molecule has 0 spiro atoms. The Morgan fingerprint density at radius 3 is 2.26 bits per heavy atom. The zero-order valence-corrected chi connectivity index (χ0v) is 15.9. The highest BCUT2D eigenvalue weighted by Gasteiger charge is 2.23. The van der Waals surface area contributed by atoms with Crippen LogP contribution in [0.2, 0.25) is 5.02 Å². The van der Waals surface area contributed by atoms with Crippen LogP contribution in [0.15, 0.2) is 54.6 Å². The summed E-state index contributed by atoms with van der Waals surface area (Å²) in [5.41, 5.74) is 1.90. The molecule has 1 saturated heterocycles. The van der Waals surface area contributed by atoms with Crippen LogP contribution < -0.4 is 0 Å². The lowest BCUT2D eigenvalue weighted by Gasteiger charge is -2.22. The lowest BCUT2D eigenvalue weighted by atomic mass is 10.1. The van der Waals surface area contributed by atoms with Crippen LogP contribution in [0.5, 0.6) is 0 Å². The van der Waals surface area contributed by atoms with Crippen molar-refractivity contribution in [1.82, 2.24) is 9.80 Å². The molecule has 0 unspecified atom stereocenters. The summed E-state index contributed by atoms with van der Waals surface area (Å²) in [7, 11) is 0. The van der Waals surface area contributed by atoms with Gasteiger partial charge in [0, 0.05) is 31.2 Å². The standard InChI is InChI=1S/C21H23ClN2O3/c22-19-9-7-17(8-10-19)15-20(25)23-11-4-12-24(14-13-23)21(26)27-16-18-5-2-1-3-6-18/h1-3,5-10H,4,11-16H2. The largest absolute Gasteiger partial charge is 0.445 e. The summed E-state index contributed by atoms with van der Waals surface area (Å²) in [6.45, 7) is 2.51. The average Bonchev–Trinajstić information content (AvgIpc) is 2.95. The Kier molecular flexibility index (Phi) is 6.71. The summed E-state index contributed by atoms with van der Waals surface area (Å²) in [6.07, 6.45) is 0.758. The molecule has 1 aliphatic heterocycles. The second kappa shape index (κ2) is 9.42. The van der Waals surface area contributed by atoms with Crippen molar-refractivity contribution in [3.05, 3.63) is 70.7 Å². The molecular formula is C21H23ClN2O3. The first-order valence-corrected chi connectivity index (χ1v) is 9.47. The molecular weight excluding hydrogens is 364 g/mol. The van der Waals surface area contributed by atoms with Gasteiger partial charge in [0.1, 0.15) is 6.61 Å². The maximum absolute atomic E-state index is 12.6. The lowest BCUT2D eigenvalue weighted by Crippen LogP contribution is -2.38. The molecule has 5 nitrogen and oxygen atoms in total. The maximum Gasteiger partial charge on any atom is 0.410 e. The Hall–Kier alpha value is -2.53. The molecule has 1 fully saturated rings. The van der Waals surface area contributed by atoms with Crippen LogP contribution >= 0.6 is 11.6 Å². The molecule has 2 aromatic carbocycles. The lowest BCUT2D eigenvalue weighted by molar-refractivity contribution is -0.130. The quantitative estimate of drug-likeness (QED) is 0.804. The van der Waals surface area contributed by atoms with E-state index in [0.717, 1.165) is 17.5 Å². The third kappa shape index (κ3) is 5.73. The Morgan fingerprint density at radius 1 is 0.852 bits per heavy atom. The van der Waals surface area contributed by atoms with Gasteiger partial charge in [-0.05, 0) is 29.7 Å². The fourth-order valence-corrected chi connectivity index (χ4v) is 3.17. The fourth-order valence-electron chi connectivity index (χ4n) is 3.05. The van der Waals surface area contributed by atoms with Gasteiger partial charge in [-0.3, -0.25) is 4.79 Å². The molecule has 142 valence electrons. The molecule has 0 aliphatic carbocycles. The van der Waals surface area contributed by atoms with E-state index >= 15 is 0 Å². The number of ether oxygens (including phenoxy) is 1. The van der Waals surface area contributed by atoms with Crippen molar-refractivity contribution in [3.63, 3.8) is 0 Å². The number of hydrogen-bond acceptors (Lipinski definition) is 3. The van der Waals surface area contributed by atoms with E-state index in [1.807, 2.05) is 47.4 Å². The Labute approximate surface area is 164 Å². The molecule has 0 atom stereocenters. The zero-order valence-electron chi connectivity index (χ0n) is 15.1. The summed E-state index contributed by atoms with van der Waals surface area (Å²) in [5, 5.41) is 0.658. The summed E-state index contributed by atoms with van der Waals surface area (Å²) < 4.78 is 5.40. The van der Waals surface area contributed by atoms with Crippen LogP contribution in [0, 0.1) is 0 Å². The molecule has 3 rings (SSSR count). The second-order valence-electron chi connectivity index (χ2n) is 6.56. The van der Waals surface area contributed by atoms with Crippen LogP contribution in [0.4, 0.5) is 4.79 Å². The number of carbonyl (C=O) groups excluding carboxylic acids is 2. The van der Waals surface area contributed by atoms with Crippen LogP contribution in [0.3, 0.4) is 0 Å². The number of rotatable bonds is 4.